The third kappa shape index (κ3) is 0.970. The van der Waals surface area contributed by atoms with Gasteiger partial charge in [0.1, 0.15) is 0 Å². The van der Waals surface area contributed by atoms with Crippen molar-refractivity contribution in [3.63, 3.8) is 0 Å². The fourth-order valence-corrected chi connectivity index (χ4v) is 6.33. The summed E-state index contributed by atoms with van der Waals surface area (Å²) in [6.45, 7) is 2.24. The Morgan fingerprint density at radius 1 is 1.44 bits per heavy atom. The van der Waals surface area contributed by atoms with E-state index in [1.807, 2.05) is 0 Å². The molecule has 2 heteroatoms. The summed E-state index contributed by atoms with van der Waals surface area (Å²) >= 11 is 1.46. The van der Waals surface area contributed by atoms with E-state index in [1.54, 1.807) is 7.57 Å². The Morgan fingerprint density at radius 3 is 3.11 bits per heavy atom. The van der Waals surface area contributed by atoms with Gasteiger partial charge in [-0.1, -0.05) is 0 Å². The number of fused-ring (bicyclic) bond motifs is 1. The van der Waals surface area contributed by atoms with E-state index in [0.717, 1.165) is 29.0 Å². The number of hydrogen-bond acceptors (Lipinski definition) is 0. The predicted octanol–water partition coefficient (Wildman–Crippen LogP) is 1.26. The average molecular weight is 248 g/mol. The second kappa shape index (κ2) is 2.14. The molecular formula is C7H6Se2. The van der Waals surface area contributed by atoms with Gasteiger partial charge >= 0.3 is 66.0 Å². The van der Waals surface area contributed by atoms with Gasteiger partial charge in [-0.2, -0.15) is 0 Å². The molecule has 0 aliphatic heterocycles. The van der Waals surface area contributed by atoms with Gasteiger partial charge < -0.3 is 0 Å². The monoisotopic (exact) mass is 250 g/mol. The molecule has 2 rings (SSSR count). The molecule has 0 fully saturated rings. The number of rotatable bonds is 0. The van der Waals surface area contributed by atoms with Gasteiger partial charge in [-0.15, -0.1) is 0 Å². The van der Waals surface area contributed by atoms with E-state index in [1.165, 1.54) is 5.39 Å². The SMILES string of the molecule is Cc1cc2cc[se]c2[se]1. The molecule has 0 nitrogen and oxygen atoms in total. The second-order valence-corrected chi connectivity index (χ2v) is 7.89. The maximum absolute atomic E-state index is 2.33. The van der Waals surface area contributed by atoms with Crippen molar-refractivity contribution < 1.29 is 0 Å². The van der Waals surface area contributed by atoms with Crippen molar-refractivity contribution in [1.82, 2.24) is 0 Å². The fourth-order valence-electron chi connectivity index (χ4n) is 0.890. The van der Waals surface area contributed by atoms with Crippen molar-refractivity contribution in [3.05, 3.63) is 21.5 Å². The van der Waals surface area contributed by atoms with Gasteiger partial charge in [0.15, 0.2) is 0 Å². The molecule has 0 aliphatic carbocycles. The topological polar surface area (TPSA) is 0 Å². The summed E-state index contributed by atoms with van der Waals surface area (Å²) in [5.74, 6) is 0. The van der Waals surface area contributed by atoms with Crippen LogP contribution in [0.25, 0.3) is 8.52 Å². The van der Waals surface area contributed by atoms with Crippen LogP contribution in [0.1, 0.15) is 4.44 Å². The molecule has 0 atom stereocenters. The first-order valence-corrected chi connectivity index (χ1v) is 6.36. The van der Waals surface area contributed by atoms with Gasteiger partial charge in [-0.25, -0.2) is 0 Å². The number of aryl methyl sites for hydroxylation is 1. The van der Waals surface area contributed by atoms with Crippen LogP contribution in [-0.2, 0) is 0 Å². The molecular weight excluding hydrogens is 242 g/mol. The van der Waals surface area contributed by atoms with E-state index < -0.39 is 0 Å². The molecule has 0 unspecified atom stereocenters. The molecule has 0 aromatic carbocycles. The van der Waals surface area contributed by atoms with Crippen molar-refractivity contribution in [2.45, 2.75) is 6.92 Å². The Kier molecular flexibility index (Phi) is 1.43. The first-order valence-electron chi connectivity index (χ1n) is 2.80. The minimum absolute atomic E-state index is 0.726. The molecule has 0 radical (unpaired) electrons. The van der Waals surface area contributed by atoms with Gasteiger partial charge in [0.2, 0.25) is 0 Å². The second-order valence-electron chi connectivity index (χ2n) is 2.02. The van der Waals surface area contributed by atoms with E-state index in [0.29, 0.717) is 0 Å². The van der Waals surface area contributed by atoms with Gasteiger partial charge in [0.25, 0.3) is 0 Å². The molecule has 0 bridgehead atoms. The quantitative estimate of drug-likeness (QED) is 0.616. The summed E-state index contributed by atoms with van der Waals surface area (Å²) in [6.07, 6.45) is 0. The Morgan fingerprint density at radius 2 is 2.33 bits per heavy atom. The molecule has 2 aromatic rings. The van der Waals surface area contributed by atoms with Crippen LogP contribution in [0.5, 0.6) is 0 Å². The van der Waals surface area contributed by atoms with Gasteiger partial charge in [0, 0.05) is 0 Å². The normalized spacial score (nSPS) is 10.8. The van der Waals surface area contributed by atoms with Crippen LogP contribution in [0.4, 0.5) is 0 Å². The zero-order chi connectivity index (χ0) is 6.27. The van der Waals surface area contributed by atoms with Crippen LogP contribution in [0.2, 0.25) is 0 Å². The Balaban J connectivity index is 2.92. The summed E-state index contributed by atoms with van der Waals surface area (Å²) in [6, 6.07) is 4.61. The molecule has 2 aromatic heterocycles. The molecule has 46 valence electrons. The van der Waals surface area contributed by atoms with Crippen LogP contribution in [0.3, 0.4) is 0 Å². The number of hydrogen-bond donors (Lipinski definition) is 0. The molecule has 0 aliphatic rings. The van der Waals surface area contributed by atoms with E-state index >= 15 is 0 Å². The molecule has 2 heterocycles. The summed E-state index contributed by atoms with van der Waals surface area (Å²) in [5.41, 5.74) is 0. The summed E-state index contributed by atoms with van der Waals surface area (Å²) in [5, 5.41) is 1.53. The molecule has 0 N–H and O–H groups in total. The van der Waals surface area contributed by atoms with Gasteiger partial charge in [0.05, 0.1) is 0 Å². The van der Waals surface area contributed by atoms with Crippen molar-refractivity contribution >= 4 is 37.5 Å². The Bertz CT molecular complexity index is 288. The summed E-state index contributed by atoms with van der Waals surface area (Å²) < 4.78 is 3.34. The molecule has 9 heavy (non-hydrogen) atoms. The molecule has 0 amide bonds. The third-order valence-electron chi connectivity index (χ3n) is 1.27. The van der Waals surface area contributed by atoms with E-state index in [2.05, 4.69) is 24.0 Å². The molecule has 0 saturated heterocycles. The van der Waals surface area contributed by atoms with E-state index in [-0.39, 0.29) is 0 Å². The van der Waals surface area contributed by atoms with E-state index in [4.69, 9.17) is 0 Å². The summed E-state index contributed by atoms with van der Waals surface area (Å²) in [7, 11) is 0. The average Bonchev–Trinajstić information content (AvgIpc) is 2.22. The van der Waals surface area contributed by atoms with Crippen LogP contribution in [-0.4, -0.2) is 29.0 Å². The Labute approximate surface area is 66.0 Å². The van der Waals surface area contributed by atoms with Crippen LogP contribution >= 0.6 is 0 Å². The molecule has 0 saturated carbocycles. The van der Waals surface area contributed by atoms with Crippen molar-refractivity contribution in [1.29, 1.82) is 0 Å². The standard InChI is InChI=1S/C7H6Se2/c1-5-4-6-2-3-8-7(6)9-5/h2-4H,1H3. The van der Waals surface area contributed by atoms with Crippen LogP contribution in [0, 0.1) is 6.92 Å². The first-order chi connectivity index (χ1) is 4.36. The first kappa shape index (κ1) is 6.00. The summed E-state index contributed by atoms with van der Waals surface area (Å²) in [4.78, 5) is 2.32. The minimum atomic E-state index is 0.726. The Hall–Kier alpha value is 0.259. The zero-order valence-electron chi connectivity index (χ0n) is 5.05. The molecule has 0 spiro atoms. The van der Waals surface area contributed by atoms with E-state index in [9.17, 15) is 0 Å². The maximum atomic E-state index is 2.33. The van der Waals surface area contributed by atoms with Crippen LogP contribution < -0.4 is 0 Å². The third-order valence-corrected chi connectivity index (χ3v) is 6.55. The van der Waals surface area contributed by atoms with Crippen LogP contribution in [0.15, 0.2) is 17.1 Å². The van der Waals surface area contributed by atoms with Crippen molar-refractivity contribution in [2.75, 3.05) is 0 Å². The van der Waals surface area contributed by atoms with Crippen molar-refractivity contribution in [2.24, 2.45) is 0 Å². The van der Waals surface area contributed by atoms with Crippen molar-refractivity contribution in [3.8, 4) is 0 Å². The van der Waals surface area contributed by atoms with Gasteiger partial charge in [-0.05, 0) is 0 Å². The van der Waals surface area contributed by atoms with Gasteiger partial charge in [-0.3, -0.25) is 0 Å². The fraction of sp³-hybridized carbons (Fsp3) is 0.143. The zero-order valence-corrected chi connectivity index (χ0v) is 8.47. The predicted molar refractivity (Wildman–Crippen MR) is 42.6 cm³/mol.